The van der Waals surface area contributed by atoms with Gasteiger partial charge in [0.15, 0.2) is 6.10 Å². The lowest BCUT2D eigenvalue weighted by Crippen LogP contribution is -2.47. The summed E-state index contributed by atoms with van der Waals surface area (Å²) in [5, 5.41) is 5.04. The van der Waals surface area contributed by atoms with Gasteiger partial charge in [0.05, 0.1) is 39.4 Å². The van der Waals surface area contributed by atoms with Crippen molar-refractivity contribution >= 4 is 52.5 Å². The molecule has 0 saturated carbocycles. The maximum absolute atomic E-state index is 11.9. The summed E-state index contributed by atoms with van der Waals surface area (Å²) in [6.07, 6.45) is 3.86. The summed E-state index contributed by atoms with van der Waals surface area (Å²) >= 11 is 18.6. The summed E-state index contributed by atoms with van der Waals surface area (Å²) in [7, 11) is 0. The van der Waals surface area contributed by atoms with Crippen LogP contribution in [0, 0.1) is 5.41 Å². The van der Waals surface area contributed by atoms with Crippen LogP contribution in [0.4, 0.5) is 0 Å². The van der Waals surface area contributed by atoms with Gasteiger partial charge in [-0.1, -0.05) is 47.8 Å². The Morgan fingerprint density at radius 1 is 1.29 bits per heavy atom. The second-order valence-electron chi connectivity index (χ2n) is 6.63. The van der Waals surface area contributed by atoms with E-state index in [9.17, 15) is 4.79 Å². The quantitative estimate of drug-likeness (QED) is 0.507. The number of halogens is 3. The minimum Gasteiger partial charge on any atom is -0.455 e. The van der Waals surface area contributed by atoms with Crippen LogP contribution in [0.15, 0.2) is 24.8 Å². The van der Waals surface area contributed by atoms with E-state index in [4.69, 9.17) is 49.0 Å². The van der Waals surface area contributed by atoms with E-state index in [0.717, 1.165) is 0 Å². The van der Waals surface area contributed by atoms with E-state index in [-0.39, 0.29) is 16.8 Å². The van der Waals surface area contributed by atoms with Crippen molar-refractivity contribution in [3.63, 3.8) is 0 Å². The third-order valence-electron chi connectivity index (χ3n) is 4.27. The first-order valence-corrected chi connectivity index (χ1v) is 9.48. The molecule has 1 aliphatic rings. The van der Waals surface area contributed by atoms with E-state index < -0.39 is 17.5 Å². The molecule has 150 valence electrons. The van der Waals surface area contributed by atoms with Crippen molar-refractivity contribution in [3.8, 4) is 0 Å². The molecule has 28 heavy (non-hydrogen) atoms. The van der Waals surface area contributed by atoms with Gasteiger partial charge in [-0.05, 0) is 17.7 Å². The SMILES string of the molecule is CC(=O)OC(/C(=C/c1ccc(Cl)c(Cl)c1Cl)n1cncn1)C1(C)COCOC1. The molecule has 1 saturated heterocycles. The summed E-state index contributed by atoms with van der Waals surface area (Å²) in [5.74, 6) is -0.456. The smallest absolute Gasteiger partial charge is 0.303 e. The van der Waals surface area contributed by atoms with Crippen molar-refractivity contribution in [2.24, 2.45) is 5.41 Å². The van der Waals surface area contributed by atoms with Gasteiger partial charge in [-0.3, -0.25) is 4.79 Å². The fourth-order valence-corrected chi connectivity index (χ4v) is 3.54. The lowest BCUT2D eigenvalue weighted by molar-refractivity contribution is -0.191. The second-order valence-corrected chi connectivity index (χ2v) is 7.80. The number of hydrogen-bond acceptors (Lipinski definition) is 6. The molecular weight excluding hydrogens is 429 g/mol. The molecule has 0 spiro atoms. The maximum Gasteiger partial charge on any atom is 0.303 e. The van der Waals surface area contributed by atoms with Crippen molar-refractivity contribution in [1.82, 2.24) is 14.8 Å². The van der Waals surface area contributed by atoms with Gasteiger partial charge in [-0.2, -0.15) is 5.10 Å². The summed E-state index contributed by atoms with van der Waals surface area (Å²) in [4.78, 5) is 15.9. The minimum atomic E-state index is -0.752. The highest BCUT2D eigenvalue weighted by atomic mass is 35.5. The Morgan fingerprint density at radius 3 is 2.61 bits per heavy atom. The minimum absolute atomic E-state index is 0.184. The van der Waals surface area contributed by atoms with Crippen LogP contribution in [-0.2, 0) is 19.0 Å². The zero-order chi connectivity index (χ0) is 20.3. The Balaban J connectivity index is 2.15. The standard InChI is InChI=1S/C18H18Cl3N3O4/c1-11(25)28-17(18(2)6-26-10-27-7-18)14(24-9-22-8-23-24)5-12-3-4-13(19)16(21)15(12)20/h3-5,8-9,17H,6-7,10H2,1-2H3/b14-5-. The Kier molecular flexibility index (Phi) is 6.62. The van der Waals surface area contributed by atoms with Gasteiger partial charge < -0.3 is 14.2 Å². The fraction of sp³-hybridized carbons (Fsp3) is 0.389. The van der Waals surface area contributed by atoms with Crippen LogP contribution in [0.2, 0.25) is 15.1 Å². The topological polar surface area (TPSA) is 75.5 Å². The van der Waals surface area contributed by atoms with Gasteiger partial charge in [0, 0.05) is 6.92 Å². The highest BCUT2D eigenvalue weighted by molar-refractivity contribution is 6.48. The first-order chi connectivity index (χ1) is 13.3. The molecule has 1 atom stereocenters. The van der Waals surface area contributed by atoms with Crippen molar-refractivity contribution in [3.05, 3.63) is 45.4 Å². The van der Waals surface area contributed by atoms with Gasteiger partial charge in [-0.15, -0.1) is 0 Å². The van der Waals surface area contributed by atoms with Crippen LogP contribution >= 0.6 is 34.8 Å². The molecule has 1 aromatic carbocycles. The molecule has 1 aliphatic heterocycles. The molecular formula is C18H18Cl3N3O4. The predicted molar refractivity (Wildman–Crippen MR) is 106 cm³/mol. The molecule has 3 rings (SSSR count). The summed E-state index contributed by atoms with van der Waals surface area (Å²) in [6.45, 7) is 4.08. The maximum atomic E-state index is 11.9. The highest BCUT2D eigenvalue weighted by Crippen LogP contribution is 2.38. The van der Waals surface area contributed by atoms with Crippen LogP contribution in [0.5, 0.6) is 0 Å². The van der Waals surface area contributed by atoms with E-state index in [1.165, 1.54) is 24.3 Å². The molecule has 1 aromatic heterocycles. The monoisotopic (exact) mass is 445 g/mol. The zero-order valence-electron chi connectivity index (χ0n) is 15.2. The van der Waals surface area contributed by atoms with Crippen LogP contribution in [-0.4, -0.2) is 46.8 Å². The molecule has 0 radical (unpaired) electrons. The Labute approximate surface area is 177 Å². The van der Waals surface area contributed by atoms with Crippen LogP contribution in [0.1, 0.15) is 19.4 Å². The number of esters is 1. The van der Waals surface area contributed by atoms with Crippen LogP contribution < -0.4 is 0 Å². The number of carbonyl (C=O) groups excluding carboxylic acids is 1. The Bertz CT molecular complexity index is 880. The van der Waals surface area contributed by atoms with Gasteiger partial charge in [0.1, 0.15) is 19.4 Å². The molecule has 2 heterocycles. The van der Waals surface area contributed by atoms with E-state index >= 15 is 0 Å². The molecule has 1 fully saturated rings. The van der Waals surface area contributed by atoms with E-state index in [2.05, 4.69) is 10.1 Å². The number of rotatable bonds is 5. The van der Waals surface area contributed by atoms with Gasteiger partial charge in [0.2, 0.25) is 0 Å². The lowest BCUT2D eigenvalue weighted by atomic mass is 9.83. The lowest BCUT2D eigenvalue weighted by Gasteiger charge is -2.39. The molecule has 7 nitrogen and oxygen atoms in total. The average Bonchev–Trinajstić information content (AvgIpc) is 3.19. The van der Waals surface area contributed by atoms with E-state index in [0.29, 0.717) is 29.5 Å². The third kappa shape index (κ3) is 4.50. The van der Waals surface area contributed by atoms with Crippen molar-refractivity contribution < 1.29 is 19.0 Å². The second kappa shape index (κ2) is 8.80. The van der Waals surface area contributed by atoms with Crippen molar-refractivity contribution in [1.29, 1.82) is 0 Å². The number of nitrogens with zero attached hydrogens (tertiary/aromatic N) is 3. The fourth-order valence-electron chi connectivity index (χ4n) is 2.94. The number of ether oxygens (including phenoxy) is 3. The molecule has 1 unspecified atom stereocenters. The highest BCUT2D eigenvalue weighted by Gasteiger charge is 2.43. The molecule has 0 N–H and O–H groups in total. The van der Waals surface area contributed by atoms with Gasteiger partial charge >= 0.3 is 5.97 Å². The van der Waals surface area contributed by atoms with Crippen LogP contribution in [0.3, 0.4) is 0 Å². The molecule has 2 aromatic rings. The first kappa shape index (κ1) is 21.1. The number of carbonyl (C=O) groups is 1. The number of hydrogen-bond donors (Lipinski definition) is 0. The van der Waals surface area contributed by atoms with E-state index in [1.807, 2.05) is 6.92 Å². The Morgan fingerprint density at radius 2 is 2.00 bits per heavy atom. The normalized spacial score (nSPS) is 18.0. The number of aromatic nitrogens is 3. The third-order valence-corrected chi connectivity index (χ3v) is 5.58. The average molecular weight is 447 g/mol. The molecule has 0 aliphatic carbocycles. The molecule has 0 amide bonds. The van der Waals surface area contributed by atoms with Gasteiger partial charge in [0.25, 0.3) is 0 Å². The number of benzene rings is 1. The van der Waals surface area contributed by atoms with Gasteiger partial charge in [-0.25, -0.2) is 9.67 Å². The van der Waals surface area contributed by atoms with E-state index in [1.54, 1.807) is 18.2 Å². The van der Waals surface area contributed by atoms with Crippen molar-refractivity contribution in [2.75, 3.05) is 20.0 Å². The zero-order valence-corrected chi connectivity index (χ0v) is 17.5. The first-order valence-electron chi connectivity index (χ1n) is 8.34. The van der Waals surface area contributed by atoms with Crippen molar-refractivity contribution in [2.45, 2.75) is 20.0 Å². The molecule has 0 bridgehead atoms. The van der Waals surface area contributed by atoms with Crippen LogP contribution in [0.25, 0.3) is 11.8 Å². The molecule has 10 heteroatoms. The largest absolute Gasteiger partial charge is 0.455 e. The summed E-state index contributed by atoms with van der Waals surface area (Å²) in [6, 6.07) is 3.35. The summed E-state index contributed by atoms with van der Waals surface area (Å²) in [5.41, 5.74) is 0.439. The Hall–Kier alpha value is -1.64. The predicted octanol–water partition coefficient (Wildman–Crippen LogP) is 4.18. The summed E-state index contributed by atoms with van der Waals surface area (Å²) < 4.78 is 18.1.